The minimum absolute atomic E-state index is 0.0536. The molecule has 1 amide bonds. The molecule has 0 unspecified atom stereocenters. The van der Waals surface area contributed by atoms with Crippen LogP contribution < -0.4 is 10.6 Å². The molecule has 1 aliphatic carbocycles. The van der Waals surface area contributed by atoms with Crippen LogP contribution >= 0.6 is 0 Å². The zero-order valence-corrected chi connectivity index (χ0v) is 11.2. The lowest BCUT2D eigenvalue weighted by Gasteiger charge is -2.24. The Kier molecular flexibility index (Phi) is 3.52. The minimum atomic E-state index is -0.367. The first-order valence-corrected chi connectivity index (χ1v) is 6.05. The average Bonchev–Trinajstić information content (AvgIpc) is 2.38. The van der Waals surface area contributed by atoms with Crippen LogP contribution in [0.5, 0.6) is 0 Å². The van der Waals surface area contributed by atoms with Crippen molar-refractivity contribution < 1.29 is 14.4 Å². The lowest BCUT2D eigenvalue weighted by Crippen LogP contribution is -2.33. The molecule has 0 heterocycles. The number of nitrogens with zero attached hydrogens (tertiary/aromatic N) is 1. The molecular weight excluding hydrogens is 256 g/mol. The van der Waals surface area contributed by atoms with Gasteiger partial charge in [0.1, 0.15) is 5.70 Å². The second kappa shape index (κ2) is 5.13. The lowest BCUT2D eigenvalue weighted by molar-refractivity contribution is -0.118. The minimum Gasteiger partial charge on any atom is -0.399 e. The Morgan fingerprint density at radius 3 is 2.20 bits per heavy atom. The zero-order valence-electron chi connectivity index (χ0n) is 11.2. The van der Waals surface area contributed by atoms with Gasteiger partial charge >= 0.3 is 0 Å². The standard InChI is InChI=1S/C15H14N2O3/c1-9-7-15(20)13(8-14(9)19)17(10(2)18)12-5-3-11(16)4-6-12/h3-8H,16H2,1-2H3. The number of benzene rings is 1. The molecule has 0 saturated carbocycles. The summed E-state index contributed by atoms with van der Waals surface area (Å²) in [7, 11) is 0. The first kappa shape index (κ1) is 13.7. The van der Waals surface area contributed by atoms with Gasteiger partial charge in [-0.1, -0.05) is 0 Å². The van der Waals surface area contributed by atoms with E-state index in [-0.39, 0.29) is 23.2 Å². The fourth-order valence-corrected chi connectivity index (χ4v) is 1.94. The quantitative estimate of drug-likeness (QED) is 0.654. The van der Waals surface area contributed by atoms with Gasteiger partial charge in [-0.2, -0.15) is 0 Å². The van der Waals surface area contributed by atoms with Crippen molar-refractivity contribution in [3.8, 4) is 0 Å². The first-order valence-electron chi connectivity index (χ1n) is 6.05. The fourth-order valence-electron chi connectivity index (χ4n) is 1.94. The maximum Gasteiger partial charge on any atom is 0.228 e. The van der Waals surface area contributed by atoms with Gasteiger partial charge in [0.25, 0.3) is 0 Å². The summed E-state index contributed by atoms with van der Waals surface area (Å²) in [5, 5.41) is 0. The van der Waals surface area contributed by atoms with Gasteiger partial charge in [-0.25, -0.2) is 0 Å². The average molecular weight is 270 g/mol. The summed E-state index contributed by atoms with van der Waals surface area (Å²) >= 11 is 0. The molecule has 5 heteroatoms. The van der Waals surface area contributed by atoms with E-state index in [1.807, 2.05) is 0 Å². The summed E-state index contributed by atoms with van der Waals surface area (Å²) in [4.78, 5) is 36.8. The zero-order chi connectivity index (χ0) is 14.9. The Balaban J connectivity index is 2.48. The number of carbonyl (C=O) groups excluding carboxylic acids is 3. The summed E-state index contributed by atoms with van der Waals surface area (Å²) in [6.07, 6.45) is 2.43. The van der Waals surface area contributed by atoms with Crippen LogP contribution in [0.1, 0.15) is 13.8 Å². The number of carbonyl (C=O) groups is 3. The van der Waals surface area contributed by atoms with E-state index in [9.17, 15) is 14.4 Å². The van der Waals surface area contributed by atoms with Crippen LogP contribution in [0.15, 0.2) is 47.7 Å². The van der Waals surface area contributed by atoms with Gasteiger partial charge in [-0.3, -0.25) is 19.3 Å². The number of hydrogen-bond acceptors (Lipinski definition) is 4. The Morgan fingerprint density at radius 2 is 1.65 bits per heavy atom. The summed E-state index contributed by atoms with van der Waals surface area (Å²) < 4.78 is 0. The Morgan fingerprint density at radius 1 is 1.05 bits per heavy atom. The van der Waals surface area contributed by atoms with Crippen LogP contribution in [-0.2, 0) is 14.4 Å². The molecule has 1 aliphatic rings. The van der Waals surface area contributed by atoms with Crippen molar-refractivity contribution in [2.24, 2.45) is 0 Å². The van der Waals surface area contributed by atoms with E-state index >= 15 is 0 Å². The van der Waals surface area contributed by atoms with Crippen LogP contribution in [0.25, 0.3) is 0 Å². The van der Waals surface area contributed by atoms with Gasteiger partial charge in [-0.15, -0.1) is 0 Å². The second-order valence-corrected chi connectivity index (χ2v) is 4.53. The van der Waals surface area contributed by atoms with Crippen LogP contribution in [0.4, 0.5) is 11.4 Å². The second-order valence-electron chi connectivity index (χ2n) is 4.53. The van der Waals surface area contributed by atoms with E-state index in [1.54, 1.807) is 31.2 Å². The maximum absolute atomic E-state index is 12.0. The molecule has 20 heavy (non-hydrogen) atoms. The molecule has 0 aliphatic heterocycles. The number of rotatable bonds is 2. The largest absolute Gasteiger partial charge is 0.399 e. The van der Waals surface area contributed by atoms with Gasteiger partial charge in [0.2, 0.25) is 11.7 Å². The number of anilines is 2. The van der Waals surface area contributed by atoms with E-state index in [2.05, 4.69) is 0 Å². The SMILES string of the molecule is CC(=O)N(C1=CC(=O)C(C)=CC1=O)c1ccc(N)cc1. The third-order valence-electron chi connectivity index (χ3n) is 2.96. The number of ketones is 2. The normalized spacial score (nSPS) is 14.7. The summed E-state index contributed by atoms with van der Waals surface area (Å²) in [5.41, 5.74) is 7.06. The molecule has 0 saturated heterocycles. The lowest BCUT2D eigenvalue weighted by atomic mass is 10.0. The highest BCUT2D eigenvalue weighted by molar-refractivity contribution is 6.23. The molecule has 0 radical (unpaired) electrons. The van der Waals surface area contributed by atoms with Gasteiger partial charge in [0, 0.05) is 29.9 Å². The molecule has 0 atom stereocenters. The van der Waals surface area contributed by atoms with E-state index in [1.165, 1.54) is 24.0 Å². The Hall–Kier alpha value is -2.69. The monoisotopic (exact) mass is 270 g/mol. The van der Waals surface area contributed by atoms with Gasteiger partial charge < -0.3 is 5.73 Å². The van der Waals surface area contributed by atoms with Crippen molar-refractivity contribution in [2.45, 2.75) is 13.8 Å². The molecule has 0 spiro atoms. The number of nitrogens with two attached hydrogens (primary N) is 1. The highest BCUT2D eigenvalue weighted by Gasteiger charge is 2.26. The van der Waals surface area contributed by atoms with Crippen molar-refractivity contribution in [1.29, 1.82) is 0 Å². The third-order valence-corrected chi connectivity index (χ3v) is 2.96. The first-order chi connectivity index (χ1) is 9.40. The number of nitrogen functional groups attached to an aromatic ring is 1. The maximum atomic E-state index is 12.0. The van der Waals surface area contributed by atoms with Gasteiger partial charge in [-0.05, 0) is 37.3 Å². The molecule has 1 aromatic carbocycles. The van der Waals surface area contributed by atoms with Crippen LogP contribution in [-0.4, -0.2) is 17.5 Å². The molecule has 2 N–H and O–H groups in total. The Bertz CT molecular complexity index is 654. The summed E-state index contributed by atoms with van der Waals surface area (Å²) in [6.45, 7) is 2.90. The van der Waals surface area contributed by atoms with Crippen LogP contribution in [0, 0.1) is 0 Å². The predicted molar refractivity (Wildman–Crippen MR) is 75.9 cm³/mol. The highest BCUT2D eigenvalue weighted by atomic mass is 16.2. The van der Waals surface area contributed by atoms with Gasteiger partial charge in [0.05, 0.1) is 0 Å². The number of hydrogen-bond donors (Lipinski definition) is 1. The van der Waals surface area contributed by atoms with E-state index in [0.29, 0.717) is 16.9 Å². The van der Waals surface area contributed by atoms with Crippen molar-refractivity contribution in [3.63, 3.8) is 0 Å². The molecule has 0 aromatic heterocycles. The molecule has 0 fully saturated rings. The number of allylic oxidation sites excluding steroid dienone is 3. The molecule has 5 nitrogen and oxygen atoms in total. The Labute approximate surface area is 116 Å². The van der Waals surface area contributed by atoms with Crippen LogP contribution in [0.2, 0.25) is 0 Å². The predicted octanol–water partition coefficient (Wildman–Crippen LogP) is 1.60. The highest BCUT2D eigenvalue weighted by Crippen LogP contribution is 2.24. The number of amides is 1. The smallest absolute Gasteiger partial charge is 0.228 e. The molecule has 2 rings (SSSR count). The topological polar surface area (TPSA) is 80.5 Å². The fraction of sp³-hybridized carbons (Fsp3) is 0.133. The molecule has 0 bridgehead atoms. The molecule has 102 valence electrons. The van der Waals surface area contributed by atoms with E-state index in [0.717, 1.165) is 0 Å². The van der Waals surface area contributed by atoms with E-state index < -0.39 is 0 Å². The summed E-state index contributed by atoms with van der Waals surface area (Å²) in [5.74, 6) is -0.995. The van der Waals surface area contributed by atoms with E-state index in [4.69, 9.17) is 5.73 Å². The van der Waals surface area contributed by atoms with Crippen molar-refractivity contribution in [3.05, 3.63) is 47.7 Å². The molecular formula is C15H14N2O3. The van der Waals surface area contributed by atoms with Crippen LogP contribution in [0.3, 0.4) is 0 Å². The van der Waals surface area contributed by atoms with Crippen molar-refractivity contribution >= 4 is 28.8 Å². The third kappa shape index (κ3) is 2.51. The summed E-state index contributed by atoms with van der Waals surface area (Å²) in [6, 6.07) is 6.51. The molecule has 1 aromatic rings. The van der Waals surface area contributed by atoms with Crippen molar-refractivity contribution in [1.82, 2.24) is 0 Å². The van der Waals surface area contributed by atoms with Crippen molar-refractivity contribution in [2.75, 3.05) is 10.6 Å². The van der Waals surface area contributed by atoms with Gasteiger partial charge in [0.15, 0.2) is 5.78 Å².